The van der Waals surface area contributed by atoms with Crippen molar-refractivity contribution >= 4 is 10.9 Å². The lowest BCUT2D eigenvalue weighted by Gasteiger charge is -2.07. The van der Waals surface area contributed by atoms with Crippen molar-refractivity contribution in [3.63, 3.8) is 0 Å². The van der Waals surface area contributed by atoms with E-state index in [2.05, 4.69) is 4.98 Å². The van der Waals surface area contributed by atoms with E-state index in [9.17, 15) is 4.79 Å². The summed E-state index contributed by atoms with van der Waals surface area (Å²) in [5.41, 5.74) is 6.95. The third kappa shape index (κ3) is 1.59. The average molecular weight is 204 g/mol. The maximum atomic E-state index is 11.4. The van der Waals surface area contributed by atoms with Gasteiger partial charge >= 0.3 is 0 Å². The zero-order chi connectivity index (χ0) is 10.8. The Morgan fingerprint density at radius 2 is 2.27 bits per heavy atom. The molecule has 0 radical (unpaired) electrons. The van der Waals surface area contributed by atoms with Gasteiger partial charge in [0.15, 0.2) is 0 Å². The standard InChI is InChI=1S/C11H12N2O2/c1-15-9-4-2-3-8-7(6-12)5-10(14)13-11(8)9/h2-5H,6,12H2,1H3,(H,13,14). The second kappa shape index (κ2) is 3.74. The molecule has 2 rings (SSSR count). The summed E-state index contributed by atoms with van der Waals surface area (Å²) in [5.74, 6) is 0.653. The second-order valence-corrected chi connectivity index (χ2v) is 3.25. The summed E-state index contributed by atoms with van der Waals surface area (Å²) >= 11 is 0. The zero-order valence-corrected chi connectivity index (χ0v) is 8.41. The van der Waals surface area contributed by atoms with E-state index >= 15 is 0 Å². The summed E-state index contributed by atoms with van der Waals surface area (Å²) in [4.78, 5) is 14.1. The summed E-state index contributed by atoms with van der Waals surface area (Å²) in [5, 5.41) is 0.927. The molecule has 0 saturated carbocycles. The second-order valence-electron chi connectivity index (χ2n) is 3.25. The summed E-state index contributed by atoms with van der Waals surface area (Å²) in [6.45, 7) is 0.341. The molecule has 0 bridgehead atoms. The SMILES string of the molecule is COc1cccc2c(CN)cc(=O)[nH]c12. The largest absolute Gasteiger partial charge is 0.495 e. The number of nitrogens with two attached hydrogens (primary N) is 1. The van der Waals surface area contributed by atoms with Gasteiger partial charge in [-0.25, -0.2) is 0 Å². The van der Waals surface area contributed by atoms with Crippen molar-refractivity contribution in [2.45, 2.75) is 6.54 Å². The van der Waals surface area contributed by atoms with E-state index in [0.717, 1.165) is 10.9 Å². The van der Waals surface area contributed by atoms with Gasteiger partial charge in [0.1, 0.15) is 5.75 Å². The molecule has 1 heterocycles. The van der Waals surface area contributed by atoms with Crippen molar-refractivity contribution in [1.29, 1.82) is 0 Å². The number of H-pyrrole nitrogens is 1. The van der Waals surface area contributed by atoms with Crippen LogP contribution >= 0.6 is 0 Å². The molecule has 1 aromatic carbocycles. The molecule has 15 heavy (non-hydrogen) atoms. The highest BCUT2D eigenvalue weighted by molar-refractivity contribution is 5.87. The Morgan fingerprint density at radius 3 is 2.93 bits per heavy atom. The van der Waals surface area contributed by atoms with Crippen LogP contribution in [0.3, 0.4) is 0 Å². The van der Waals surface area contributed by atoms with Crippen molar-refractivity contribution in [2.75, 3.05) is 7.11 Å². The van der Waals surface area contributed by atoms with Crippen molar-refractivity contribution in [3.8, 4) is 5.75 Å². The van der Waals surface area contributed by atoms with Crippen LogP contribution < -0.4 is 16.0 Å². The molecule has 0 amide bonds. The molecule has 0 saturated heterocycles. The van der Waals surface area contributed by atoms with Crippen LogP contribution in [0.2, 0.25) is 0 Å². The molecule has 78 valence electrons. The maximum Gasteiger partial charge on any atom is 0.248 e. The Labute approximate surface area is 86.7 Å². The number of nitrogens with one attached hydrogen (secondary N) is 1. The Balaban J connectivity index is 2.88. The lowest BCUT2D eigenvalue weighted by Crippen LogP contribution is -2.09. The molecule has 0 atom stereocenters. The van der Waals surface area contributed by atoms with E-state index in [1.54, 1.807) is 13.2 Å². The molecular formula is C11H12N2O2. The number of pyridine rings is 1. The van der Waals surface area contributed by atoms with E-state index in [1.807, 2.05) is 12.1 Å². The van der Waals surface area contributed by atoms with E-state index in [4.69, 9.17) is 10.5 Å². The average Bonchev–Trinajstić information content (AvgIpc) is 2.27. The number of rotatable bonds is 2. The van der Waals surface area contributed by atoms with Crippen molar-refractivity contribution < 1.29 is 4.74 Å². The number of methoxy groups -OCH3 is 1. The molecule has 3 N–H and O–H groups in total. The van der Waals surface area contributed by atoms with Gasteiger partial charge < -0.3 is 15.5 Å². The number of para-hydroxylation sites is 1. The molecule has 4 nitrogen and oxygen atoms in total. The smallest absolute Gasteiger partial charge is 0.248 e. The molecule has 2 aromatic rings. The first-order valence-electron chi connectivity index (χ1n) is 4.65. The van der Waals surface area contributed by atoms with E-state index in [0.29, 0.717) is 17.8 Å². The van der Waals surface area contributed by atoms with Crippen LogP contribution in [0.15, 0.2) is 29.1 Å². The van der Waals surface area contributed by atoms with Gasteiger partial charge in [0.05, 0.1) is 12.6 Å². The van der Waals surface area contributed by atoms with Gasteiger partial charge in [0.25, 0.3) is 0 Å². The first-order valence-corrected chi connectivity index (χ1v) is 4.65. The summed E-state index contributed by atoms with van der Waals surface area (Å²) in [6, 6.07) is 7.11. The monoisotopic (exact) mass is 204 g/mol. The van der Waals surface area contributed by atoms with Crippen LogP contribution in [0.5, 0.6) is 5.75 Å². The normalized spacial score (nSPS) is 10.5. The lowest BCUT2D eigenvalue weighted by atomic mass is 10.1. The molecule has 4 heteroatoms. The van der Waals surface area contributed by atoms with Crippen molar-refractivity contribution in [3.05, 3.63) is 40.2 Å². The fourth-order valence-corrected chi connectivity index (χ4v) is 1.66. The highest BCUT2D eigenvalue weighted by atomic mass is 16.5. The first-order chi connectivity index (χ1) is 7.26. The highest BCUT2D eigenvalue weighted by Gasteiger charge is 2.05. The van der Waals surface area contributed by atoms with E-state index in [-0.39, 0.29) is 5.56 Å². The van der Waals surface area contributed by atoms with Crippen LogP contribution in [0.1, 0.15) is 5.56 Å². The number of benzene rings is 1. The minimum absolute atomic E-state index is 0.160. The topological polar surface area (TPSA) is 68.1 Å². The molecule has 0 spiro atoms. The maximum absolute atomic E-state index is 11.4. The van der Waals surface area contributed by atoms with Crippen LogP contribution in [0, 0.1) is 0 Å². The molecule has 0 unspecified atom stereocenters. The number of ether oxygens (including phenoxy) is 1. The van der Waals surface area contributed by atoms with Gasteiger partial charge in [0.2, 0.25) is 5.56 Å². The summed E-state index contributed by atoms with van der Waals surface area (Å²) < 4.78 is 5.17. The van der Waals surface area contributed by atoms with Gasteiger partial charge in [-0.15, -0.1) is 0 Å². The molecule has 0 aliphatic rings. The number of hydrogen-bond acceptors (Lipinski definition) is 3. The van der Waals surface area contributed by atoms with Crippen LogP contribution in [-0.4, -0.2) is 12.1 Å². The third-order valence-corrected chi connectivity index (χ3v) is 2.37. The molecular weight excluding hydrogens is 192 g/mol. The fourth-order valence-electron chi connectivity index (χ4n) is 1.66. The van der Waals surface area contributed by atoms with Gasteiger partial charge in [0, 0.05) is 18.0 Å². The zero-order valence-electron chi connectivity index (χ0n) is 8.41. The van der Waals surface area contributed by atoms with Crippen LogP contribution in [0.25, 0.3) is 10.9 Å². The van der Waals surface area contributed by atoms with Crippen molar-refractivity contribution in [1.82, 2.24) is 4.98 Å². The fraction of sp³-hybridized carbons (Fsp3) is 0.182. The number of aromatic amines is 1. The molecule has 0 aliphatic heterocycles. The quantitative estimate of drug-likeness (QED) is 0.766. The van der Waals surface area contributed by atoms with Gasteiger partial charge in [-0.3, -0.25) is 4.79 Å². The van der Waals surface area contributed by atoms with Gasteiger partial charge in [-0.2, -0.15) is 0 Å². The van der Waals surface area contributed by atoms with Crippen LogP contribution in [0.4, 0.5) is 0 Å². The third-order valence-electron chi connectivity index (χ3n) is 2.37. The Kier molecular flexibility index (Phi) is 2.43. The minimum atomic E-state index is -0.160. The molecule has 0 aliphatic carbocycles. The summed E-state index contributed by atoms with van der Waals surface area (Å²) in [7, 11) is 1.57. The molecule has 1 aromatic heterocycles. The van der Waals surface area contributed by atoms with Gasteiger partial charge in [-0.1, -0.05) is 12.1 Å². The highest BCUT2D eigenvalue weighted by Crippen LogP contribution is 2.24. The Hall–Kier alpha value is -1.81. The molecule has 0 fully saturated rings. The van der Waals surface area contributed by atoms with Crippen LogP contribution in [-0.2, 0) is 6.54 Å². The number of fused-ring (bicyclic) bond motifs is 1. The number of hydrogen-bond donors (Lipinski definition) is 2. The Bertz CT molecular complexity index is 546. The number of aromatic nitrogens is 1. The predicted octanol–water partition coefficient (Wildman–Crippen LogP) is 0.995. The predicted molar refractivity (Wildman–Crippen MR) is 59.0 cm³/mol. The first kappa shape index (κ1) is 9.73. The van der Waals surface area contributed by atoms with E-state index in [1.165, 1.54) is 6.07 Å². The summed E-state index contributed by atoms with van der Waals surface area (Å²) in [6.07, 6.45) is 0. The lowest BCUT2D eigenvalue weighted by molar-refractivity contribution is 0.419. The Morgan fingerprint density at radius 1 is 1.47 bits per heavy atom. The van der Waals surface area contributed by atoms with Crippen molar-refractivity contribution in [2.24, 2.45) is 5.73 Å². The minimum Gasteiger partial charge on any atom is -0.495 e. The van der Waals surface area contributed by atoms with Gasteiger partial charge in [-0.05, 0) is 11.6 Å². The van der Waals surface area contributed by atoms with E-state index < -0.39 is 0 Å².